The summed E-state index contributed by atoms with van der Waals surface area (Å²) >= 11 is 0. The molecule has 1 aromatic carbocycles. The molecule has 12 heteroatoms. The number of nitrogens with two attached hydrogens (primary N) is 1. The number of pyridine rings is 1. The highest BCUT2D eigenvalue weighted by Gasteiger charge is 2.30. The van der Waals surface area contributed by atoms with E-state index >= 15 is 0 Å². The van der Waals surface area contributed by atoms with E-state index in [0.717, 1.165) is 49.9 Å². The van der Waals surface area contributed by atoms with Gasteiger partial charge in [0.05, 0.1) is 6.54 Å². The van der Waals surface area contributed by atoms with Gasteiger partial charge in [0, 0.05) is 42.5 Å². The van der Waals surface area contributed by atoms with Crippen LogP contribution in [0, 0.1) is 6.92 Å². The third kappa shape index (κ3) is 6.71. The third-order valence-corrected chi connectivity index (χ3v) is 7.23. The van der Waals surface area contributed by atoms with Crippen molar-refractivity contribution in [2.24, 2.45) is 10.7 Å². The molecule has 214 valence electrons. The number of carbonyl (C=O) groups excluding carboxylic acids is 4. The summed E-state index contributed by atoms with van der Waals surface area (Å²) in [5, 5.41) is 6.73. The molecule has 0 saturated carbocycles. The molecule has 0 bridgehead atoms. The van der Waals surface area contributed by atoms with Crippen molar-refractivity contribution < 1.29 is 23.6 Å². The number of aryl methyl sites for hydroxylation is 1. The Morgan fingerprint density at radius 1 is 1.07 bits per heavy atom. The van der Waals surface area contributed by atoms with E-state index in [0.29, 0.717) is 24.2 Å². The summed E-state index contributed by atoms with van der Waals surface area (Å²) in [5.41, 5.74) is 6.75. The van der Waals surface area contributed by atoms with Crippen LogP contribution in [-0.4, -0.2) is 76.6 Å². The average molecular weight is 560 g/mol. The SMILES string of the molecule is Cc1cc2cc(NC(=NC3CCCCN(CC(=O)N4CCCC4)C3=O)NC(=O)c3ccnc(C(N)=O)c3)ccc2o1. The number of furan rings is 1. The average Bonchev–Trinajstić information content (AvgIpc) is 3.59. The van der Waals surface area contributed by atoms with E-state index < -0.39 is 17.9 Å². The van der Waals surface area contributed by atoms with Crippen LogP contribution in [0.1, 0.15) is 58.7 Å². The van der Waals surface area contributed by atoms with Crippen molar-refractivity contribution in [1.82, 2.24) is 20.1 Å². The normalized spacial score (nSPS) is 17.9. The van der Waals surface area contributed by atoms with Crippen LogP contribution in [0.15, 0.2) is 52.0 Å². The number of anilines is 1. The van der Waals surface area contributed by atoms with Gasteiger partial charge >= 0.3 is 0 Å². The molecule has 0 radical (unpaired) electrons. The van der Waals surface area contributed by atoms with Crippen molar-refractivity contribution in [2.75, 3.05) is 31.5 Å². The second kappa shape index (κ2) is 12.2. The lowest BCUT2D eigenvalue weighted by Gasteiger charge is -2.25. The summed E-state index contributed by atoms with van der Waals surface area (Å²) in [4.78, 5) is 63.1. The quantitative estimate of drug-likeness (QED) is 0.308. The molecule has 3 aromatic rings. The zero-order valence-corrected chi connectivity index (χ0v) is 22.9. The Hall–Kier alpha value is -4.74. The number of nitrogens with one attached hydrogen (secondary N) is 2. The second-order valence-electron chi connectivity index (χ2n) is 10.3. The van der Waals surface area contributed by atoms with E-state index in [9.17, 15) is 19.2 Å². The molecule has 2 aliphatic rings. The number of aromatic nitrogens is 1. The summed E-state index contributed by atoms with van der Waals surface area (Å²) in [6, 6.07) is 9.25. The van der Waals surface area contributed by atoms with Crippen LogP contribution in [0.2, 0.25) is 0 Å². The molecule has 0 aliphatic carbocycles. The van der Waals surface area contributed by atoms with Crippen LogP contribution in [0.3, 0.4) is 0 Å². The highest BCUT2D eigenvalue weighted by atomic mass is 16.3. The minimum absolute atomic E-state index is 0.0173. The largest absolute Gasteiger partial charge is 0.461 e. The van der Waals surface area contributed by atoms with E-state index in [4.69, 9.17) is 10.2 Å². The number of hydrogen-bond donors (Lipinski definition) is 3. The maximum Gasteiger partial charge on any atom is 0.267 e. The number of amides is 4. The zero-order chi connectivity index (χ0) is 28.9. The Bertz CT molecular complexity index is 1510. The Labute approximate surface area is 237 Å². The molecule has 2 saturated heterocycles. The lowest BCUT2D eigenvalue weighted by molar-refractivity contribution is -0.140. The van der Waals surface area contributed by atoms with E-state index in [1.54, 1.807) is 21.9 Å². The molecule has 1 unspecified atom stereocenters. The molecule has 41 heavy (non-hydrogen) atoms. The van der Waals surface area contributed by atoms with Gasteiger partial charge in [-0.2, -0.15) is 0 Å². The first-order valence-corrected chi connectivity index (χ1v) is 13.8. The Balaban J connectivity index is 1.41. The van der Waals surface area contributed by atoms with E-state index in [2.05, 4.69) is 20.6 Å². The van der Waals surface area contributed by atoms with Crippen molar-refractivity contribution in [1.29, 1.82) is 0 Å². The minimum Gasteiger partial charge on any atom is -0.461 e. The van der Waals surface area contributed by atoms with Crippen molar-refractivity contribution >= 4 is 46.2 Å². The van der Waals surface area contributed by atoms with Crippen molar-refractivity contribution in [3.63, 3.8) is 0 Å². The summed E-state index contributed by atoms with van der Waals surface area (Å²) in [6.07, 6.45) is 5.23. The lowest BCUT2D eigenvalue weighted by atomic mass is 10.1. The number of nitrogens with zero attached hydrogens (tertiary/aromatic N) is 4. The molecule has 12 nitrogen and oxygen atoms in total. The highest BCUT2D eigenvalue weighted by molar-refractivity contribution is 6.11. The first-order valence-electron chi connectivity index (χ1n) is 13.8. The summed E-state index contributed by atoms with van der Waals surface area (Å²) in [6.45, 7) is 3.78. The number of carbonyl (C=O) groups is 4. The van der Waals surface area contributed by atoms with Gasteiger partial charge in [-0.15, -0.1) is 0 Å². The molecule has 5 rings (SSSR count). The maximum atomic E-state index is 13.6. The van der Waals surface area contributed by atoms with Gasteiger partial charge in [-0.1, -0.05) is 0 Å². The van der Waals surface area contributed by atoms with Gasteiger partial charge in [0.1, 0.15) is 23.1 Å². The predicted octanol–water partition coefficient (Wildman–Crippen LogP) is 2.44. The highest BCUT2D eigenvalue weighted by Crippen LogP contribution is 2.23. The number of hydrogen-bond acceptors (Lipinski definition) is 7. The third-order valence-electron chi connectivity index (χ3n) is 7.23. The Morgan fingerprint density at radius 3 is 2.63 bits per heavy atom. The monoisotopic (exact) mass is 559 g/mol. The molecule has 2 fully saturated rings. The topological polar surface area (TPSA) is 163 Å². The molecule has 2 aliphatic heterocycles. The van der Waals surface area contributed by atoms with E-state index in [-0.39, 0.29) is 35.6 Å². The van der Waals surface area contributed by atoms with Gasteiger partial charge in [0.25, 0.3) is 11.8 Å². The molecule has 0 spiro atoms. The van der Waals surface area contributed by atoms with Crippen LogP contribution < -0.4 is 16.4 Å². The zero-order valence-electron chi connectivity index (χ0n) is 22.9. The standard InChI is InChI=1S/C29H33N7O5/c1-18-14-20-15-21(7-8-24(20)41-18)32-29(34-27(39)19-9-10-31-23(16-19)26(30)38)33-22-6-2-3-13-36(28(22)40)17-25(37)35-11-4-5-12-35/h7-10,14-16,22H,2-6,11-13,17H2,1H3,(H2,30,38)(H2,32,33,34,39). The number of fused-ring (bicyclic) bond motifs is 1. The lowest BCUT2D eigenvalue weighted by Crippen LogP contribution is -2.45. The molecule has 4 heterocycles. The van der Waals surface area contributed by atoms with Gasteiger partial charge in [0.2, 0.25) is 17.8 Å². The number of likely N-dealkylation sites (tertiary alicyclic amines) is 2. The Morgan fingerprint density at radius 2 is 1.85 bits per heavy atom. The predicted molar refractivity (Wildman–Crippen MR) is 152 cm³/mol. The fraction of sp³-hybridized carbons (Fsp3) is 0.379. The first kappa shape index (κ1) is 27.8. The van der Waals surface area contributed by atoms with Gasteiger partial charge in [-0.3, -0.25) is 29.5 Å². The Kier molecular flexibility index (Phi) is 8.27. The molecule has 2 aromatic heterocycles. The fourth-order valence-corrected chi connectivity index (χ4v) is 5.12. The maximum absolute atomic E-state index is 13.6. The van der Waals surface area contributed by atoms with Crippen molar-refractivity contribution in [3.8, 4) is 0 Å². The smallest absolute Gasteiger partial charge is 0.267 e. The molecule has 1 atom stereocenters. The molecule has 4 amide bonds. The summed E-state index contributed by atoms with van der Waals surface area (Å²) in [5.74, 6) is -0.831. The number of benzene rings is 1. The van der Waals surface area contributed by atoms with Crippen LogP contribution in [0.25, 0.3) is 11.0 Å². The number of rotatable bonds is 6. The van der Waals surface area contributed by atoms with E-state index in [1.165, 1.54) is 18.3 Å². The fourth-order valence-electron chi connectivity index (χ4n) is 5.12. The molecule has 4 N–H and O–H groups in total. The second-order valence-corrected chi connectivity index (χ2v) is 10.3. The van der Waals surface area contributed by atoms with Crippen molar-refractivity contribution in [3.05, 3.63) is 59.6 Å². The van der Waals surface area contributed by atoms with Crippen LogP contribution in [0.5, 0.6) is 0 Å². The molecular formula is C29H33N7O5. The van der Waals surface area contributed by atoms with Gasteiger partial charge < -0.3 is 25.3 Å². The molecular weight excluding hydrogens is 526 g/mol. The first-order chi connectivity index (χ1) is 19.8. The van der Waals surface area contributed by atoms with Crippen molar-refractivity contribution in [2.45, 2.75) is 45.1 Å². The van der Waals surface area contributed by atoms with Gasteiger partial charge in [-0.25, -0.2) is 4.99 Å². The van der Waals surface area contributed by atoms with Crippen LogP contribution in [-0.2, 0) is 9.59 Å². The summed E-state index contributed by atoms with van der Waals surface area (Å²) in [7, 11) is 0. The number of primary amides is 1. The number of aliphatic imine (C=N–C) groups is 1. The minimum atomic E-state index is -0.801. The number of guanidine groups is 1. The van der Waals surface area contributed by atoms with Gasteiger partial charge in [0.15, 0.2) is 0 Å². The summed E-state index contributed by atoms with van der Waals surface area (Å²) < 4.78 is 5.66. The van der Waals surface area contributed by atoms with Gasteiger partial charge in [-0.05, 0) is 75.4 Å². The van der Waals surface area contributed by atoms with Crippen LogP contribution >= 0.6 is 0 Å². The van der Waals surface area contributed by atoms with Crippen LogP contribution in [0.4, 0.5) is 5.69 Å². The van der Waals surface area contributed by atoms with E-state index in [1.807, 2.05) is 19.1 Å².